The number of alkyl halides is 1. The van der Waals surface area contributed by atoms with Crippen molar-refractivity contribution in [3.63, 3.8) is 0 Å². The van der Waals surface area contributed by atoms with Crippen LogP contribution in [0.25, 0.3) is 0 Å². The van der Waals surface area contributed by atoms with E-state index in [1.54, 1.807) is 4.90 Å². The van der Waals surface area contributed by atoms with E-state index in [-0.39, 0.29) is 17.8 Å². The molecular weight excluding hydrogens is 162 g/mol. The minimum Gasteiger partial charge on any atom is -0.335 e. The highest BCUT2D eigenvalue weighted by molar-refractivity contribution is 6.27. The minimum absolute atomic E-state index is 0.0223. The van der Waals surface area contributed by atoms with Gasteiger partial charge in [0.25, 0.3) is 0 Å². The van der Waals surface area contributed by atoms with Crippen LogP contribution in [-0.4, -0.2) is 29.3 Å². The van der Waals surface area contributed by atoms with Crippen LogP contribution >= 0.6 is 11.6 Å². The van der Waals surface area contributed by atoms with Gasteiger partial charge in [-0.15, -0.1) is 18.2 Å². The molecule has 0 spiro atoms. The number of hydrogen-bond acceptors (Lipinski definition) is 1. The molecule has 1 aliphatic heterocycles. The third-order valence-electron chi connectivity index (χ3n) is 2.01. The molecule has 1 amide bonds. The largest absolute Gasteiger partial charge is 0.335 e. The van der Waals surface area contributed by atoms with Crippen molar-refractivity contribution in [3.8, 4) is 0 Å². The van der Waals surface area contributed by atoms with Gasteiger partial charge in [-0.2, -0.15) is 0 Å². The number of nitrogens with zero attached hydrogens (tertiary/aromatic N) is 1. The maximum atomic E-state index is 11.1. The molecule has 3 heteroatoms. The Labute approximate surface area is 71.8 Å². The van der Waals surface area contributed by atoms with Gasteiger partial charge >= 0.3 is 0 Å². The summed E-state index contributed by atoms with van der Waals surface area (Å²) in [4.78, 5) is 12.9. The zero-order valence-corrected chi connectivity index (χ0v) is 7.18. The normalized spacial score (nSPS) is 23.7. The van der Waals surface area contributed by atoms with Crippen LogP contribution in [0.2, 0.25) is 0 Å². The quantitative estimate of drug-likeness (QED) is 0.457. The highest BCUT2D eigenvalue weighted by Gasteiger charge is 2.25. The summed E-state index contributed by atoms with van der Waals surface area (Å²) in [5, 5.41) is 0. The van der Waals surface area contributed by atoms with Crippen molar-refractivity contribution in [2.45, 2.75) is 18.9 Å². The first-order chi connectivity index (χ1) is 5.29. The van der Waals surface area contributed by atoms with Crippen LogP contribution in [0.1, 0.15) is 12.8 Å². The molecule has 1 atom stereocenters. The first-order valence-corrected chi connectivity index (χ1v) is 4.31. The van der Waals surface area contributed by atoms with Crippen molar-refractivity contribution in [1.82, 2.24) is 4.90 Å². The summed E-state index contributed by atoms with van der Waals surface area (Å²) >= 11 is 5.43. The average molecular weight is 174 g/mol. The van der Waals surface area contributed by atoms with Gasteiger partial charge in [-0.25, -0.2) is 0 Å². The number of carbonyl (C=O) groups excluding carboxylic acids is 1. The van der Waals surface area contributed by atoms with Gasteiger partial charge < -0.3 is 4.90 Å². The Kier molecular flexibility index (Phi) is 2.94. The number of halogens is 1. The second kappa shape index (κ2) is 3.77. The Morgan fingerprint density at radius 1 is 1.82 bits per heavy atom. The number of likely N-dealkylation sites (tertiary alicyclic amines) is 1. The Morgan fingerprint density at radius 2 is 2.55 bits per heavy atom. The summed E-state index contributed by atoms with van der Waals surface area (Å²) in [6.07, 6.45) is 3.92. The van der Waals surface area contributed by atoms with E-state index in [0.29, 0.717) is 0 Å². The summed E-state index contributed by atoms with van der Waals surface area (Å²) < 4.78 is 0. The molecule has 0 bridgehead atoms. The molecule has 1 aliphatic rings. The Balaban J connectivity index is 2.56. The molecule has 1 saturated heterocycles. The zero-order valence-electron chi connectivity index (χ0n) is 6.42. The van der Waals surface area contributed by atoms with E-state index in [9.17, 15) is 4.79 Å². The monoisotopic (exact) mass is 173 g/mol. The third-order valence-corrected chi connectivity index (χ3v) is 2.23. The van der Waals surface area contributed by atoms with Crippen molar-refractivity contribution in [2.75, 3.05) is 12.4 Å². The van der Waals surface area contributed by atoms with Crippen LogP contribution in [0.5, 0.6) is 0 Å². The van der Waals surface area contributed by atoms with E-state index < -0.39 is 0 Å². The highest BCUT2D eigenvalue weighted by atomic mass is 35.5. The van der Waals surface area contributed by atoms with Crippen LogP contribution < -0.4 is 0 Å². The van der Waals surface area contributed by atoms with E-state index in [1.807, 2.05) is 6.08 Å². The molecule has 0 aliphatic carbocycles. The second-order valence-electron chi connectivity index (χ2n) is 2.67. The Hall–Kier alpha value is -0.500. The molecule has 11 heavy (non-hydrogen) atoms. The molecule has 1 rings (SSSR count). The maximum absolute atomic E-state index is 11.1. The first-order valence-electron chi connectivity index (χ1n) is 3.77. The molecule has 1 fully saturated rings. The van der Waals surface area contributed by atoms with Gasteiger partial charge in [0.2, 0.25) is 5.91 Å². The van der Waals surface area contributed by atoms with Gasteiger partial charge in [0.05, 0.1) is 0 Å². The first kappa shape index (κ1) is 8.60. The molecule has 0 N–H and O–H groups in total. The Bertz CT molecular complexity index is 169. The van der Waals surface area contributed by atoms with Gasteiger partial charge in [0, 0.05) is 12.6 Å². The molecule has 2 nitrogen and oxygen atoms in total. The fraction of sp³-hybridized carbons (Fsp3) is 0.625. The number of rotatable bonds is 2. The van der Waals surface area contributed by atoms with Gasteiger partial charge in [-0.3, -0.25) is 4.79 Å². The van der Waals surface area contributed by atoms with Crippen LogP contribution in [-0.2, 0) is 4.79 Å². The van der Waals surface area contributed by atoms with E-state index in [4.69, 9.17) is 11.6 Å². The fourth-order valence-corrected chi connectivity index (χ4v) is 1.58. The van der Waals surface area contributed by atoms with Crippen LogP contribution in [0, 0.1) is 0 Å². The molecule has 0 aromatic carbocycles. The molecule has 0 aromatic rings. The predicted molar refractivity (Wildman–Crippen MR) is 45.7 cm³/mol. The summed E-state index contributed by atoms with van der Waals surface area (Å²) in [6, 6.07) is 0.223. The average Bonchev–Trinajstić information content (AvgIpc) is 2.50. The number of carbonyl (C=O) groups is 1. The second-order valence-corrected chi connectivity index (χ2v) is 2.93. The van der Waals surface area contributed by atoms with Crippen molar-refractivity contribution in [1.29, 1.82) is 0 Å². The minimum atomic E-state index is 0.0223. The predicted octanol–water partition coefficient (Wildman–Crippen LogP) is 1.40. The van der Waals surface area contributed by atoms with Crippen LogP contribution in [0.3, 0.4) is 0 Å². The third kappa shape index (κ3) is 1.74. The summed E-state index contributed by atoms with van der Waals surface area (Å²) in [5.74, 6) is 0.110. The summed E-state index contributed by atoms with van der Waals surface area (Å²) in [6.45, 7) is 4.51. The number of amides is 1. The summed E-state index contributed by atoms with van der Waals surface area (Å²) in [5.41, 5.74) is 0. The molecule has 0 aromatic heterocycles. The highest BCUT2D eigenvalue weighted by Crippen LogP contribution is 2.17. The van der Waals surface area contributed by atoms with Crippen LogP contribution in [0.4, 0.5) is 0 Å². The van der Waals surface area contributed by atoms with E-state index >= 15 is 0 Å². The SMILES string of the molecule is C=C[C@@H]1CCCN1C(=O)CCl. The van der Waals surface area contributed by atoms with Crippen molar-refractivity contribution in [2.24, 2.45) is 0 Å². The Morgan fingerprint density at radius 3 is 3.09 bits per heavy atom. The van der Waals surface area contributed by atoms with Crippen molar-refractivity contribution >= 4 is 17.5 Å². The zero-order chi connectivity index (χ0) is 8.27. The lowest BCUT2D eigenvalue weighted by Crippen LogP contribution is -2.34. The molecule has 0 radical (unpaired) electrons. The standard InChI is InChI=1S/C8H12ClNO/c1-2-7-4-3-5-10(7)8(11)6-9/h2,7H,1,3-6H2/t7-/m1/s1. The van der Waals surface area contributed by atoms with E-state index in [0.717, 1.165) is 19.4 Å². The molecule has 1 heterocycles. The topological polar surface area (TPSA) is 20.3 Å². The molecular formula is C8H12ClNO. The van der Waals surface area contributed by atoms with Gasteiger partial charge in [0.15, 0.2) is 0 Å². The summed E-state index contributed by atoms with van der Waals surface area (Å²) in [7, 11) is 0. The molecule has 0 unspecified atom stereocenters. The molecule has 62 valence electrons. The van der Waals surface area contributed by atoms with Crippen LogP contribution in [0.15, 0.2) is 12.7 Å². The van der Waals surface area contributed by atoms with E-state index in [2.05, 4.69) is 6.58 Å². The smallest absolute Gasteiger partial charge is 0.237 e. The van der Waals surface area contributed by atoms with Gasteiger partial charge in [0.1, 0.15) is 5.88 Å². The molecule has 0 saturated carbocycles. The van der Waals surface area contributed by atoms with Crippen molar-refractivity contribution < 1.29 is 4.79 Å². The maximum Gasteiger partial charge on any atom is 0.237 e. The van der Waals surface area contributed by atoms with E-state index in [1.165, 1.54) is 0 Å². The number of hydrogen-bond donors (Lipinski definition) is 0. The van der Waals surface area contributed by atoms with Gasteiger partial charge in [-0.1, -0.05) is 6.08 Å². The lowest BCUT2D eigenvalue weighted by atomic mass is 10.2. The lowest BCUT2D eigenvalue weighted by molar-refractivity contribution is -0.128. The van der Waals surface area contributed by atoms with Crippen molar-refractivity contribution in [3.05, 3.63) is 12.7 Å². The van der Waals surface area contributed by atoms with Gasteiger partial charge in [-0.05, 0) is 12.8 Å². The lowest BCUT2D eigenvalue weighted by Gasteiger charge is -2.20. The fourth-order valence-electron chi connectivity index (χ4n) is 1.42.